The van der Waals surface area contributed by atoms with E-state index in [2.05, 4.69) is 25.8 Å². The fraction of sp³-hybridized carbons (Fsp3) is 1.00. The Balaban J connectivity index is 2.00. The average molecular weight is 139 g/mol. The predicted octanol–water partition coefficient (Wildman–Crippen LogP) is 1.74. The quantitative estimate of drug-likeness (QED) is 0.535. The van der Waals surface area contributed by atoms with E-state index >= 15 is 0 Å². The second-order valence-electron chi connectivity index (χ2n) is 4.28. The molecule has 1 heterocycles. The number of nitrogens with zero attached hydrogens (tertiary/aromatic N) is 1. The molecule has 1 aliphatic heterocycles. The van der Waals surface area contributed by atoms with Gasteiger partial charge in [-0.25, -0.2) is 0 Å². The van der Waals surface area contributed by atoms with E-state index in [1.165, 1.54) is 12.8 Å². The van der Waals surface area contributed by atoms with Crippen molar-refractivity contribution in [3.05, 3.63) is 0 Å². The highest BCUT2D eigenvalue weighted by Gasteiger charge is 2.50. The summed E-state index contributed by atoms with van der Waals surface area (Å²) in [7, 11) is 2.29. The number of hydrogen-bond acceptors (Lipinski definition) is 1. The van der Waals surface area contributed by atoms with Crippen molar-refractivity contribution in [2.75, 3.05) is 7.05 Å². The summed E-state index contributed by atoms with van der Waals surface area (Å²) >= 11 is 0. The molecule has 0 aromatic heterocycles. The number of rotatable bonds is 1. The lowest BCUT2D eigenvalue weighted by Crippen LogP contribution is -2.32. The Bertz CT molecular complexity index is 142. The van der Waals surface area contributed by atoms with Crippen LogP contribution in [0, 0.1) is 11.8 Å². The molecule has 3 atom stereocenters. The van der Waals surface area contributed by atoms with Gasteiger partial charge in [0.25, 0.3) is 0 Å². The lowest BCUT2D eigenvalue weighted by molar-refractivity contribution is 0.215. The summed E-state index contributed by atoms with van der Waals surface area (Å²) in [5.41, 5.74) is 0. The molecule has 0 aromatic rings. The van der Waals surface area contributed by atoms with Crippen molar-refractivity contribution in [2.45, 2.75) is 38.8 Å². The van der Waals surface area contributed by atoms with Crippen LogP contribution in [-0.2, 0) is 0 Å². The monoisotopic (exact) mass is 139 g/mol. The summed E-state index contributed by atoms with van der Waals surface area (Å²) in [5, 5.41) is 0. The van der Waals surface area contributed by atoms with Gasteiger partial charge in [-0.1, -0.05) is 13.8 Å². The normalized spacial score (nSPS) is 46.2. The van der Waals surface area contributed by atoms with E-state index in [0.29, 0.717) is 0 Å². The lowest BCUT2D eigenvalue weighted by atomic mass is 10.0. The van der Waals surface area contributed by atoms with E-state index in [1.54, 1.807) is 0 Å². The van der Waals surface area contributed by atoms with Crippen molar-refractivity contribution in [3.63, 3.8) is 0 Å². The highest BCUT2D eigenvalue weighted by atomic mass is 15.2. The number of likely N-dealkylation sites (tertiary alicyclic amines) is 1. The Kier molecular flexibility index (Phi) is 1.31. The molecule has 1 nitrogen and oxygen atoms in total. The van der Waals surface area contributed by atoms with Crippen LogP contribution in [-0.4, -0.2) is 24.0 Å². The van der Waals surface area contributed by atoms with Crippen LogP contribution in [0.5, 0.6) is 0 Å². The lowest BCUT2D eigenvalue weighted by Gasteiger charge is -2.26. The Labute approximate surface area is 63.4 Å². The van der Waals surface area contributed by atoms with Gasteiger partial charge in [0.15, 0.2) is 0 Å². The minimum Gasteiger partial charge on any atom is -0.300 e. The summed E-state index contributed by atoms with van der Waals surface area (Å²) < 4.78 is 0. The van der Waals surface area contributed by atoms with Crippen molar-refractivity contribution in [1.29, 1.82) is 0 Å². The molecule has 0 unspecified atom stereocenters. The van der Waals surface area contributed by atoms with Crippen LogP contribution in [0.15, 0.2) is 0 Å². The third-order valence-corrected chi connectivity index (χ3v) is 3.25. The molecular formula is C9H17N. The first-order valence-corrected chi connectivity index (χ1v) is 4.42. The topological polar surface area (TPSA) is 3.24 Å². The number of hydrogen-bond donors (Lipinski definition) is 0. The molecule has 0 bridgehead atoms. The molecule has 0 radical (unpaired) electrons. The van der Waals surface area contributed by atoms with Crippen LogP contribution in [0.2, 0.25) is 0 Å². The predicted molar refractivity (Wildman–Crippen MR) is 42.9 cm³/mol. The summed E-state index contributed by atoms with van der Waals surface area (Å²) in [6.45, 7) is 4.68. The molecule has 1 saturated heterocycles. The van der Waals surface area contributed by atoms with Gasteiger partial charge in [0.2, 0.25) is 0 Å². The zero-order valence-electron chi connectivity index (χ0n) is 7.17. The molecule has 0 amide bonds. The molecule has 1 aliphatic carbocycles. The summed E-state index contributed by atoms with van der Waals surface area (Å²) in [5.74, 6) is 1.94. The molecule has 0 spiro atoms. The van der Waals surface area contributed by atoms with E-state index in [1.807, 2.05) is 0 Å². The fourth-order valence-corrected chi connectivity index (χ4v) is 2.45. The maximum absolute atomic E-state index is 2.59. The molecule has 1 saturated carbocycles. The molecule has 0 aromatic carbocycles. The van der Waals surface area contributed by atoms with Gasteiger partial charge in [-0.2, -0.15) is 0 Å². The van der Waals surface area contributed by atoms with Gasteiger partial charge in [-0.15, -0.1) is 0 Å². The SMILES string of the molecule is CC(C)[C@H]1C[C@@H]2C[C@@H]2N1C. The smallest absolute Gasteiger partial charge is 0.0128 e. The van der Waals surface area contributed by atoms with E-state index in [4.69, 9.17) is 0 Å². The average Bonchev–Trinajstić information content (AvgIpc) is 2.54. The zero-order chi connectivity index (χ0) is 7.30. The van der Waals surface area contributed by atoms with Crippen molar-refractivity contribution in [1.82, 2.24) is 4.90 Å². The molecule has 2 rings (SSSR count). The molecule has 1 heteroatoms. The summed E-state index contributed by atoms with van der Waals surface area (Å²) in [6.07, 6.45) is 2.96. The maximum atomic E-state index is 2.59. The van der Waals surface area contributed by atoms with Gasteiger partial charge in [0.1, 0.15) is 0 Å². The Morgan fingerprint density at radius 3 is 2.30 bits per heavy atom. The maximum Gasteiger partial charge on any atom is 0.0128 e. The highest BCUT2D eigenvalue weighted by Crippen LogP contribution is 2.48. The second kappa shape index (κ2) is 1.97. The summed E-state index contributed by atoms with van der Waals surface area (Å²) in [6, 6.07) is 1.87. The van der Waals surface area contributed by atoms with E-state index < -0.39 is 0 Å². The van der Waals surface area contributed by atoms with Crippen molar-refractivity contribution < 1.29 is 0 Å². The van der Waals surface area contributed by atoms with Crippen molar-refractivity contribution in [2.24, 2.45) is 11.8 Å². The van der Waals surface area contributed by atoms with Crippen LogP contribution in [0.4, 0.5) is 0 Å². The Morgan fingerprint density at radius 2 is 2.00 bits per heavy atom. The van der Waals surface area contributed by atoms with Gasteiger partial charge < -0.3 is 0 Å². The molecule has 10 heavy (non-hydrogen) atoms. The van der Waals surface area contributed by atoms with Gasteiger partial charge >= 0.3 is 0 Å². The van der Waals surface area contributed by atoms with Crippen molar-refractivity contribution >= 4 is 0 Å². The van der Waals surface area contributed by atoms with Crippen molar-refractivity contribution in [3.8, 4) is 0 Å². The first kappa shape index (κ1) is 6.66. The third-order valence-electron chi connectivity index (χ3n) is 3.25. The molecule has 0 N–H and O–H groups in total. The third kappa shape index (κ3) is 0.800. The van der Waals surface area contributed by atoms with Crippen LogP contribution in [0.3, 0.4) is 0 Å². The fourth-order valence-electron chi connectivity index (χ4n) is 2.45. The van der Waals surface area contributed by atoms with Crippen LogP contribution in [0.1, 0.15) is 26.7 Å². The molecule has 58 valence electrons. The highest BCUT2D eigenvalue weighted by molar-refractivity contribution is 5.04. The number of piperidine rings is 1. The molecule has 2 aliphatic rings. The molecule has 2 fully saturated rings. The first-order valence-electron chi connectivity index (χ1n) is 4.42. The standard InChI is InChI=1S/C9H17N/c1-6(2)8-4-7-5-9(7)10(8)3/h6-9H,4-5H2,1-3H3/t7-,8-,9+/m1/s1. The van der Waals surface area contributed by atoms with E-state index in [9.17, 15) is 0 Å². The second-order valence-corrected chi connectivity index (χ2v) is 4.28. The first-order chi connectivity index (χ1) is 4.70. The van der Waals surface area contributed by atoms with E-state index in [-0.39, 0.29) is 0 Å². The molecular weight excluding hydrogens is 122 g/mol. The van der Waals surface area contributed by atoms with Gasteiger partial charge in [0.05, 0.1) is 0 Å². The Hall–Kier alpha value is -0.0400. The van der Waals surface area contributed by atoms with E-state index in [0.717, 1.165) is 23.9 Å². The van der Waals surface area contributed by atoms with Gasteiger partial charge in [-0.3, -0.25) is 4.90 Å². The zero-order valence-corrected chi connectivity index (χ0v) is 7.17. The van der Waals surface area contributed by atoms with Crippen LogP contribution in [0.25, 0.3) is 0 Å². The largest absolute Gasteiger partial charge is 0.300 e. The number of fused-ring (bicyclic) bond motifs is 1. The minimum atomic E-state index is 0.859. The summed E-state index contributed by atoms with van der Waals surface area (Å²) in [4.78, 5) is 2.59. The van der Waals surface area contributed by atoms with Crippen LogP contribution < -0.4 is 0 Å². The minimum absolute atomic E-state index is 0.859. The Morgan fingerprint density at radius 1 is 1.30 bits per heavy atom. The van der Waals surface area contributed by atoms with Gasteiger partial charge in [0, 0.05) is 12.1 Å². The van der Waals surface area contributed by atoms with Gasteiger partial charge in [-0.05, 0) is 31.7 Å². The van der Waals surface area contributed by atoms with Crippen LogP contribution >= 0.6 is 0 Å².